The summed E-state index contributed by atoms with van der Waals surface area (Å²) in [6, 6.07) is 4.55. The number of sulfonamides is 1. The molecule has 2 saturated heterocycles. The average molecular weight is 377 g/mol. The zero-order valence-electron chi connectivity index (χ0n) is 12.4. The van der Waals surface area contributed by atoms with Crippen LogP contribution in [0.15, 0.2) is 29.2 Å². The molecule has 0 N–H and O–H groups in total. The molecule has 2 fully saturated rings. The normalized spacial score (nSPS) is 23.2. The molecular formula is C14H17FN2O3S3. The van der Waals surface area contributed by atoms with Crippen molar-refractivity contribution >= 4 is 39.5 Å². The van der Waals surface area contributed by atoms with Crippen molar-refractivity contribution in [3.05, 3.63) is 30.1 Å². The van der Waals surface area contributed by atoms with E-state index in [-0.39, 0.29) is 16.7 Å². The number of thioether (sulfide) groups is 2. The molecule has 1 atom stereocenters. The molecule has 1 amide bonds. The monoisotopic (exact) mass is 376 g/mol. The lowest BCUT2D eigenvalue weighted by Crippen LogP contribution is -2.51. The molecule has 0 unspecified atom stereocenters. The van der Waals surface area contributed by atoms with E-state index in [1.807, 2.05) is 0 Å². The summed E-state index contributed by atoms with van der Waals surface area (Å²) in [4.78, 5) is 14.0. The van der Waals surface area contributed by atoms with Crippen molar-refractivity contribution in [2.24, 2.45) is 0 Å². The first-order valence-electron chi connectivity index (χ1n) is 7.22. The van der Waals surface area contributed by atoms with Crippen LogP contribution >= 0.6 is 23.5 Å². The van der Waals surface area contributed by atoms with Gasteiger partial charge >= 0.3 is 0 Å². The number of carbonyl (C=O) groups is 1. The van der Waals surface area contributed by atoms with Crippen molar-refractivity contribution in [1.29, 1.82) is 0 Å². The highest BCUT2D eigenvalue weighted by molar-refractivity contribution is 8.00. The zero-order chi connectivity index (χ0) is 16.4. The Labute approximate surface area is 143 Å². The summed E-state index contributed by atoms with van der Waals surface area (Å²) in [6.07, 6.45) is 0. The van der Waals surface area contributed by atoms with E-state index in [1.165, 1.54) is 30.0 Å². The van der Waals surface area contributed by atoms with Crippen LogP contribution in [0.3, 0.4) is 0 Å². The molecule has 3 rings (SSSR count). The summed E-state index contributed by atoms with van der Waals surface area (Å²) < 4.78 is 40.6. The summed E-state index contributed by atoms with van der Waals surface area (Å²) in [5.41, 5.74) is 0. The maximum Gasteiger partial charge on any atom is 0.247 e. The third-order valence-electron chi connectivity index (χ3n) is 3.87. The molecule has 5 nitrogen and oxygen atoms in total. The molecule has 2 aliphatic rings. The number of carbonyl (C=O) groups excluding carboxylic acids is 1. The van der Waals surface area contributed by atoms with Gasteiger partial charge in [-0.15, -0.1) is 11.8 Å². The first kappa shape index (κ1) is 17.1. The second kappa shape index (κ2) is 7.00. The minimum absolute atomic E-state index is 0.171. The molecule has 1 aromatic carbocycles. The Morgan fingerprint density at radius 3 is 2.57 bits per heavy atom. The topological polar surface area (TPSA) is 57.7 Å². The van der Waals surface area contributed by atoms with Crippen LogP contribution in [0.2, 0.25) is 0 Å². The smallest absolute Gasteiger partial charge is 0.247 e. The van der Waals surface area contributed by atoms with Crippen LogP contribution in [0, 0.1) is 5.82 Å². The Morgan fingerprint density at radius 2 is 1.87 bits per heavy atom. The fraction of sp³-hybridized carbons (Fsp3) is 0.500. The molecule has 0 aromatic heterocycles. The number of amides is 1. The SMILES string of the molecule is O=C([C@@H]1CSCN1S(=O)(=O)c1ccccc1F)N1CCSCC1. The van der Waals surface area contributed by atoms with E-state index in [1.54, 1.807) is 16.7 Å². The van der Waals surface area contributed by atoms with Gasteiger partial charge in [-0.25, -0.2) is 12.8 Å². The van der Waals surface area contributed by atoms with Crippen LogP contribution in [0.25, 0.3) is 0 Å². The van der Waals surface area contributed by atoms with Gasteiger partial charge < -0.3 is 4.90 Å². The van der Waals surface area contributed by atoms with Gasteiger partial charge in [0.2, 0.25) is 15.9 Å². The van der Waals surface area contributed by atoms with E-state index in [9.17, 15) is 17.6 Å². The van der Waals surface area contributed by atoms with Crippen LogP contribution in [-0.2, 0) is 14.8 Å². The van der Waals surface area contributed by atoms with Gasteiger partial charge in [-0.1, -0.05) is 12.1 Å². The Kier molecular flexibility index (Phi) is 5.19. The molecule has 23 heavy (non-hydrogen) atoms. The number of benzene rings is 1. The van der Waals surface area contributed by atoms with Crippen LogP contribution in [0.4, 0.5) is 4.39 Å². The molecular weight excluding hydrogens is 359 g/mol. The largest absolute Gasteiger partial charge is 0.340 e. The third kappa shape index (κ3) is 3.38. The van der Waals surface area contributed by atoms with Crippen molar-refractivity contribution in [2.75, 3.05) is 36.2 Å². The first-order valence-corrected chi connectivity index (χ1v) is 11.0. The molecule has 9 heteroatoms. The fourth-order valence-electron chi connectivity index (χ4n) is 2.63. The van der Waals surface area contributed by atoms with Gasteiger partial charge in [-0.2, -0.15) is 16.1 Å². The minimum atomic E-state index is -4.02. The third-order valence-corrected chi connectivity index (χ3v) is 7.88. The van der Waals surface area contributed by atoms with Crippen LogP contribution in [-0.4, -0.2) is 65.8 Å². The first-order chi connectivity index (χ1) is 11.0. The molecule has 126 valence electrons. The standard InChI is InChI=1S/C14H17FN2O3S3/c15-11-3-1-2-4-13(11)23(19,20)17-10-22-9-12(17)14(18)16-5-7-21-8-6-16/h1-4,12H,5-10H2/t12-/m0/s1. The van der Waals surface area contributed by atoms with Crippen LogP contribution in [0.5, 0.6) is 0 Å². The summed E-state index contributed by atoms with van der Waals surface area (Å²) in [6.45, 7) is 1.27. The zero-order valence-corrected chi connectivity index (χ0v) is 14.8. The fourth-order valence-corrected chi connectivity index (χ4v) is 6.74. The van der Waals surface area contributed by atoms with E-state index in [2.05, 4.69) is 0 Å². The lowest BCUT2D eigenvalue weighted by Gasteiger charge is -2.31. The van der Waals surface area contributed by atoms with E-state index in [0.717, 1.165) is 21.9 Å². The predicted molar refractivity (Wildman–Crippen MR) is 90.4 cm³/mol. The molecule has 0 bridgehead atoms. The Morgan fingerprint density at radius 1 is 1.17 bits per heavy atom. The van der Waals surface area contributed by atoms with Crippen LogP contribution < -0.4 is 0 Å². The summed E-state index contributed by atoms with van der Waals surface area (Å²) in [7, 11) is -4.02. The molecule has 0 saturated carbocycles. The Bertz CT molecular complexity index is 692. The Balaban J connectivity index is 1.86. The summed E-state index contributed by atoms with van der Waals surface area (Å²) >= 11 is 3.16. The lowest BCUT2D eigenvalue weighted by molar-refractivity contribution is -0.133. The second-order valence-electron chi connectivity index (χ2n) is 5.28. The number of halogens is 1. The van der Waals surface area contributed by atoms with Gasteiger partial charge in [0.25, 0.3) is 0 Å². The van der Waals surface area contributed by atoms with Crippen molar-refractivity contribution in [3.63, 3.8) is 0 Å². The van der Waals surface area contributed by atoms with Gasteiger partial charge in [-0.05, 0) is 12.1 Å². The highest BCUT2D eigenvalue weighted by Crippen LogP contribution is 2.30. The predicted octanol–water partition coefficient (Wildman–Crippen LogP) is 1.46. The number of hydrogen-bond donors (Lipinski definition) is 0. The molecule has 0 aliphatic carbocycles. The maximum absolute atomic E-state index is 13.9. The minimum Gasteiger partial charge on any atom is -0.340 e. The summed E-state index contributed by atoms with van der Waals surface area (Å²) in [5, 5.41) is 0. The quantitative estimate of drug-likeness (QED) is 0.800. The van der Waals surface area contributed by atoms with Crippen molar-refractivity contribution in [1.82, 2.24) is 9.21 Å². The van der Waals surface area contributed by atoms with E-state index < -0.39 is 21.9 Å². The molecule has 1 aromatic rings. The van der Waals surface area contributed by atoms with Crippen molar-refractivity contribution in [2.45, 2.75) is 10.9 Å². The van der Waals surface area contributed by atoms with Gasteiger partial charge in [0.15, 0.2) is 0 Å². The van der Waals surface area contributed by atoms with Crippen molar-refractivity contribution in [3.8, 4) is 0 Å². The van der Waals surface area contributed by atoms with Crippen LogP contribution in [0.1, 0.15) is 0 Å². The molecule has 0 spiro atoms. The van der Waals surface area contributed by atoms with Gasteiger partial charge in [0.1, 0.15) is 16.8 Å². The number of nitrogens with zero attached hydrogens (tertiary/aromatic N) is 2. The Hall–Kier alpha value is -0.770. The van der Waals surface area contributed by atoms with Gasteiger partial charge in [0.05, 0.1) is 5.88 Å². The van der Waals surface area contributed by atoms with E-state index >= 15 is 0 Å². The van der Waals surface area contributed by atoms with E-state index in [4.69, 9.17) is 0 Å². The summed E-state index contributed by atoms with van der Waals surface area (Å²) in [5.74, 6) is 1.36. The molecule has 2 heterocycles. The highest BCUT2D eigenvalue weighted by Gasteiger charge is 2.42. The van der Waals surface area contributed by atoms with E-state index in [0.29, 0.717) is 18.8 Å². The second-order valence-corrected chi connectivity index (χ2v) is 9.36. The van der Waals surface area contributed by atoms with Gasteiger partial charge in [0, 0.05) is 30.3 Å². The molecule has 0 radical (unpaired) electrons. The van der Waals surface area contributed by atoms with Gasteiger partial charge in [-0.3, -0.25) is 4.79 Å². The maximum atomic E-state index is 13.9. The highest BCUT2D eigenvalue weighted by atomic mass is 32.2. The molecule has 2 aliphatic heterocycles. The number of hydrogen-bond acceptors (Lipinski definition) is 5. The average Bonchev–Trinajstić information content (AvgIpc) is 3.05. The lowest BCUT2D eigenvalue weighted by atomic mass is 10.3. The number of rotatable bonds is 3. The van der Waals surface area contributed by atoms with Crippen molar-refractivity contribution < 1.29 is 17.6 Å².